The molecule has 2 aromatic heterocycles. The lowest BCUT2D eigenvalue weighted by molar-refractivity contribution is 0.0926. The van der Waals surface area contributed by atoms with Gasteiger partial charge in [0.1, 0.15) is 17.0 Å². The molecule has 26 heavy (non-hydrogen) atoms. The first-order valence-corrected chi connectivity index (χ1v) is 9.46. The van der Waals surface area contributed by atoms with Crippen LogP contribution in [-0.4, -0.2) is 42.1 Å². The van der Waals surface area contributed by atoms with Crippen LogP contribution in [-0.2, 0) is 0 Å². The fourth-order valence-corrected chi connectivity index (χ4v) is 4.22. The molecule has 0 aliphatic carbocycles. The highest BCUT2D eigenvalue weighted by atomic mass is 32.1. The summed E-state index contributed by atoms with van der Waals surface area (Å²) in [6.07, 6.45) is 3.43. The zero-order chi connectivity index (χ0) is 17.9. The third-order valence-corrected chi connectivity index (χ3v) is 5.67. The van der Waals surface area contributed by atoms with Crippen LogP contribution in [0, 0.1) is 0 Å². The number of thiazole rings is 1. The van der Waals surface area contributed by atoms with Gasteiger partial charge >= 0.3 is 0 Å². The fraction of sp³-hybridized carbons (Fsp3) is 0.316. The van der Waals surface area contributed by atoms with E-state index in [1.54, 1.807) is 30.7 Å². The monoisotopic (exact) mass is 368 g/mol. The van der Waals surface area contributed by atoms with Gasteiger partial charge in [-0.1, -0.05) is 23.5 Å². The predicted molar refractivity (Wildman–Crippen MR) is 103 cm³/mol. The lowest BCUT2D eigenvalue weighted by Crippen LogP contribution is -2.44. The Morgan fingerprint density at radius 2 is 2.08 bits per heavy atom. The van der Waals surface area contributed by atoms with Gasteiger partial charge in [-0.2, -0.15) is 0 Å². The number of nitrogens with one attached hydrogen (secondary N) is 1. The van der Waals surface area contributed by atoms with Crippen LogP contribution in [0.25, 0.3) is 10.2 Å². The number of para-hydroxylation sites is 1. The lowest BCUT2D eigenvalue weighted by Gasteiger charge is -2.32. The number of carbonyl (C=O) groups excluding carboxylic acids is 1. The molecule has 4 rings (SSSR count). The summed E-state index contributed by atoms with van der Waals surface area (Å²) in [6, 6.07) is 11.5. The Morgan fingerprint density at radius 1 is 1.23 bits per heavy atom. The van der Waals surface area contributed by atoms with Gasteiger partial charge in [0.15, 0.2) is 5.13 Å². The zero-order valence-electron chi connectivity index (χ0n) is 14.5. The van der Waals surface area contributed by atoms with Gasteiger partial charge in [0, 0.05) is 25.3 Å². The van der Waals surface area contributed by atoms with Crippen molar-refractivity contribution in [3.8, 4) is 5.75 Å². The number of aromatic nitrogens is 2. The number of hydrogen-bond donors (Lipinski definition) is 1. The topological polar surface area (TPSA) is 67.3 Å². The molecular weight excluding hydrogens is 348 g/mol. The first-order valence-electron chi connectivity index (χ1n) is 8.65. The third kappa shape index (κ3) is 3.35. The van der Waals surface area contributed by atoms with E-state index in [1.807, 2.05) is 24.3 Å². The lowest BCUT2D eigenvalue weighted by atomic mass is 10.1. The van der Waals surface area contributed by atoms with Crippen LogP contribution in [0.4, 0.5) is 5.13 Å². The fourth-order valence-electron chi connectivity index (χ4n) is 3.18. The molecule has 1 saturated heterocycles. The number of hydrogen-bond acceptors (Lipinski definition) is 6. The maximum Gasteiger partial charge on any atom is 0.270 e. The summed E-state index contributed by atoms with van der Waals surface area (Å²) in [5, 5.41) is 4.10. The summed E-state index contributed by atoms with van der Waals surface area (Å²) in [5.41, 5.74) is 1.38. The van der Waals surface area contributed by atoms with Crippen LogP contribution >= 0.6 is 11.3 Å². The number of benzene rings is 1. The van der Waals surface area contributed by atoms with Gasteiger partial charge in [-0.05, 0) is 37.1 Å². The Labute approximate surface area is 155 Å². The largest absolute Gasteiger partial charge is 0.494 e. The highest BCUT2D eigenvalue weighted by Crippen LogP contribution is 2.34. The molecule has 6 nitrogen and oxygen atoms in total. The molecular formula is C19H20N4O2S. The van der Waals surface area contributed by atoms with Crippen LogP contribution in [0.2, 0.25) is 0 Å². The Balaban J connectivity index is 1.40. The number of ether oxygens (including phenoxy) is 1. The molecule has 1 aliphatic heterocycles. The van der Waals surface area contributed by atoms with E-state index in [0.29, 0.717) is 5.69 Å². The van der Waals surface area contributed by atoms with Crippen LogP contribution < -0.4 is 15.0 Å². The maximum absolute atomic E-state index is 12.2. The molecule has 134 valence electrons. The van der Waals surface area contributed by atoms with Crippen molar-refractivity contribution in [2.75, 3.05) is 25.1 Å². The second-order valence-electron chi connectivity index (χ2n) is 6.25. The molecule has 1 N–H and O–H groups in total. The van der Waals surface area contributed by atoms with Crippen LogP contribution in [0.1, 0.15) is 23.3 Å². The van der Waals surface area contributed by atoms with E-state index in [4.69, 9.17) is 9.72 Å². The summed E-state index contributed by atoms with van der Waals surface area (Å²) >= 11 is 1.68. The van der Waals surface area contributed by atoms with Crippen molar-refractivity contribution in [2.45, 2.75) is 18.9 Å². The van der Waals surface area contributed by atoms with Gasteiger partial charge < -0.3 is 15.0 Å². The van der Waals surface area contributed by atoms with Crippen molar-refractivity contribution < 1.29 is 9.53 Å². The van der Waals surface area contributed by atoms with Gasteiger partial charge in [0.05, 0.1) is 11.8 Å². The Kier molecular flexibility index (Phi) is 4.71. The molecule has 1 aliphatic rings. The van der Waals surface area contributed by atoms with Crippen LogP contribution in [0.5, 0.6) is 5.75 Å². The summed E-state index contributed by atoms with van der Waals surface area (Å²) in [5.74, 6) is 0.705. The molecule has 0 spiro atoms. The number of fused-ring (bicyclic) bond motifs is 1. The van der Waals surface area contributed by atoms with Crippen molar-refractivity contribution in [1.82, 2.24) is 15.3 Å². The average Bonchev–Trinajstić information content (AvgIpc) is 3.13. The zero-order valence-corrected chi connectivity index (χ0v) is 15.3. The number of carbonyl (C=O) groups is 1. The summed E-state index contributed by atoms with van der Waals surface area (Å²) in [4.78, 5) is 23.4. The third-order valence-electron chi connectivity index (χ3n) is 4.59. The molecule has 3 heterocycles. The normalized spacial score (nSPS) is 15.2. The van der Waals surface area contributed by atoms with Crippen molar-refractivity contribution in [3.05, 3.63) is 48.3 Å². The van der Waals surface area contributed by atoms with Gasteiger partial charge in [-0.3, -0.25) is 9.78 Å². The van der Waals surface area contributed by atoms with E-state index >= 15 is 0 Å². The summed E-state index contributed by atoms with van der Waals surface area (Å²) in [6.45, 7) is 1.74. The number of anilines is 1. The van der Waals surface area contributed by atoms with Gasteiger partial charge in [0.2, 0.25) is 0 Å². The maximum atomic E-state index is 12.2. The second-order valence-corrected chi connectivity index (χ2v) is 7.26. The SMILES string of the molecule is COc1cccc2sc(N3CCC(NC(=O)c4ccccn4)CC3)nc12. The van der Waals surface area contributed by atoms with E-state index in [9.17, 15) is 4.79 Å². The molecule has 0 atom stereocenters. The molecule has 0 unspecified atom stereocenters. The smallest absolute Gasteiger partial charge is 0.270 e. The van der Waals surface area contributed by atoms with Crippen molar-refractivity contribution in [1.29, 1.82) is 0 Å². The first kappa shape index (κ1) is 16.8. The Hall–Kier alpha value is -2.67. The van der Waals surface area contributed by atoms with Gasteiger partial charge in [-0.25, -0.2) is 4.98 Å². The second kappa shape index (κ2) is 7.29. The minimum Gasteiger partial charge on any atom is -0.494 e. The van der Waals surface area contributed by atoms with E-state index in [1.165, 1.54) is 0 Å². The standard InChI is InChI=1S/C19H20N4O2S/c1-25-15-6-4-7-16-17(15)22-19(26-16)23-11-8-13(9-12-23)21-18(24)14-5-2-3-10-20-14/h2-7,10,13H,8-9,11-12H2,1H3,(H,21,24). The summed E-state index contributed by atoms with van der Waals surface area (Å²) < 4.78 is 6.53. The highest BCUT2D eigenvalue weighted by molar-refractivity contribution is 7.22. The molecule has 1 aromatic carbocycles. The van der Waals surface area contributed by atoms with Gasteiger partial charge in [-0.15, -0.1) is 0 Å². The number of amides is 1. The van der Waals surface area contributed by atoms with Crippen molar-refractivity contribution >= 4 is 32.6 Å². The highest BCUT2D eigenvalue weighted by Gasteiger charge is 2.23. The number of rotatable bonds is 4. The average molecular weight is 368 g/mol. The van der Waals surface area contributed by atoms with E-state index in [-0.39, 0.29) is 11.9 Å². The van der Waals surface area contributed by atoms with Crippen molar-refractivity contribution in [2.24, 2.45) is 0 Å². The van der Waals surface area contributed by atoms with E-state index < -0.39 is 0 Å². The van der Waals surface area contributed by atoms with E-state index in [2.05, 4.69) is 21.3 Å². The molecule has 1 fully saturated rings. The Bertz CT molecular complexity index is 904. The number of methoxy groups -OCH3 is 1. The number of nitrogens with zero attached hydrogens (tertiary/aromatic N) is 3. The summed E-state index contributed by atoms with van der Waals surface area (Å²) in [7, 11) is 1.67. The van der Waals surface area contributed by atoms with Crippen LogP contribution in [0.15, 0.2) is 42.6 Å². The number of piperidine rings is 1. The van der Waals surface area contributed by atoms with Crippen LogP contribution in [0.3, 0.4) is 0 Å². The number of pyridine rings is 1. The molecule has 7 heteroatoms. The molecule has 0 radical (unpaired) electrons. The Morgan fingerprint density at radius 3 is 2.81 bits per heavy atom. The molecule has 1 amide bonds. The molecule has 3 aromatic rings. The minimum absolute atomic E-state index is 0.103. The van der Waals surface area contributed by atoms with E-state index in [0.717, 1.165) is 47.0 Å². The van der Waals surface area contributed by atoms with Crippen molar-refractivity contribution in [3.63, 3.8) is 0 Å². The first-order chi connectivity index (χ1) is 12.7. The minimum atomic E-state index is -0.103. The molecule has 0 bridgehead atoms. The quantitative estimate of drug-likeness (QED) is 0.766. The molecule has 0 saturated carbocycles. The predicted octanol–water partition coefficient (Wildman–Crippen LogP) is 3.10. The van der Waals surface area contributed by atoms with Gasteiger partial charge in [0.25, 0.3) is 5.91 Å².